The van der Waals surface area contributed by atoms with Crippen molar-refractivity contribution in [3.63, 3.8) is 0 Å². The maximum absolute atomic E-state index is 12.5. The van der Waals surface area contributed by atoms with Crippen LogP contribution in [-0.4, -0.2) is 41.9 Å². The molecule has 0 saturated carbocycles. The van der Waals surface area contributed by atoms with Gasteiger partial charge in [0.15, 0.2) is 0 Å². The summed E-state index contributed by atoms with van der Waals surface area (Å²) in [6.07, 6.45) is 49.5. The number of carbonyl (C=O) groups is 1. The zero-order chi connectivity index (χ0) is 36.8. The van der Waals surface area contributed by atoms with Crippen LogP contribution in [0.1, 0.15) is 200 Å². The number of aliphatic hydroxyl groups excluding tert-OH is 1. The highest BCUT2D eigenvalue weighted by Gasteiger charge is 2.24. The Morgan fingerprint density at radius 2 is 0.920 bits per heavy atom. The summed E-state index contributed by atoms with van der Waals surface area (Å²) in [5, 5.41) is 13.2. The molecule has 0 aromatic heterocycles. The van der Waals surface area contributed by atoms with Crippen LogP contribution in [0.4, 0.5) is 0 Å². The molecule has 0 fully saturated rings. The predicted octanol–water partition coefficient (Wildman–Crippen LogP) is 12.3. The Balaban J connectivity index is 3.98. The first-order valence-corrected chi connectivity index (χ1v) is 22.4. The van der Waals surface area contributed by atoms with Crippen molar-refractivity contribution in [2.75, 3.05) is 5.75 Å². The van der Waals surface area contributed by atoms with Crippen LogP contribution in [0.15, 0.2) is 48.6 Å². The molecule has 0 aliphatic carbocycles. The SMILES string of the molecule is CCCCCC/C=C\C/C=C\CCCCCCCCCC(=O)NC(CS(=O)(=O)O)C(O)/C=C/CC/C=C/CCCCCCCCCCCCC. The lowest BCUT2D eigenvalue weighted by atomic mass is 10.1. The van der Waals surface area contributed by atoms with Crippen LogP contribution < -0.4 is 5.32 Å². The topological polar surface area (TPSA) is 104 Å². The summed E-state index contributed by atoms with van der Waals surface area (Å²) in [6.45, 7) is 4.50. The summed E-state index contributed by atoms with van der Waals surface area (Å²) in [5.41, 5.74) is 0. The molecule has 292 valence electrons. The van der Waals surface area contributed by atoms with E-state index in [1.165, 1.54) is 128 Å². The van der Waals surface area contributed by atoms with Crippen molar-refractivity contribution in [1.82, 2.24) is 5.32 Å². The lowest BCUT2D eigenvalue weighted by Crippen LogP contribution is -2.46. The van der Waals surface area contributed by atoms with Crippen molar-refractivity contribution in [2.24, 2.45) is 0 Å². The quantitative estimate of drug-likeness (QED) is 0.0336. The van der Waals surface area contributed by atoms with E-state index >= 15 is 0 Å². The van der Waals surface area contributed by atoms with Crippen molar-refractivity contribution in [1.29, 1.82) is 0 Å². The molecule has 6 nitrogen and oxygen atoms in total. The van der Waals surface area contributed by atoms with Gasteiger partial charge in [-0.05, 0) is 64.2 Å². The highest BCUT2D eigenvalue weighted by molar-refractivity contribution is 7.85. The van der Waals surface area contributed by atoms with E-state index < -0.39 is 28.0 Å². The van der Waals surface area contributed by atoms with E-state index in [0.717, 1.165) is 51.4 Å². The highest BCUT2D eigenvalue weighted by Crippen LogP contribution is 2.13. The van der Waals surface area contributed by atoms with Gasteiger partial charge in [0.2, 0.25) is 5.91 Å². The first kappa shape index (κ1) is 48.3. The molecule has 0 heterocycles. The van der Waals surface area contributed by atoms with Gasteiger partial charge < -0.3 is 10.4 Å². The number of hydrogen-bond donors (Lipinski definition) is 3. The van der Waals surface area contributed by atoms with E-state index in [1.807, 2.05) is 6.08 Å². The normalized spacial score (nSPS) is 13.8. The monoisotopic (exact) mass is 722 g/mol. The Morgan fingerprint density at radius 3 is 1.40 bits per heavy atom. The minimum Gasteiger partial charge on any atom is -0.387 e. The Labute approximate surface area is 309 Å². The van der Waals surface area contributed by atoms with E-state index in [1.54, 1.807) is 0 Å². The van der Waals surface area contributed by atoms with Gasteiger partial charge in [-0.15, -0.1) is 0 Å². The number of allylic oxidation sites excluding steroid dienone is 7. The van der Waals surface area contributed by atoms with Gasteiger partial charge in [-0.1, -0.05) is 178 Å². The summed E-state index contributed by atoms with van der Waals surface area (Å²) >= 11 is 0. The highest BCUT2D eigenvalue weighted by atomic mass is 32.2. The molecule has 1 amide bonds. The van der Waals surface area contributed by atoms with Crippen LogP contribution in [0, 0.1) is 0 Å². The van der Waals surface area contributed by atoms with Crippen molar-refractivity contribution in [2.45, 2.75) is 212 Å². The predicted molar refractivity (Wildman–Crippen MR) is 216 cm³/mol. The van der Waals surface area contributed by atoms with Crippen LogP contribution in [0.3, 0.4) is 0 Å². The molecule has 0 saturated heterocycles. The average molecular weight is 722 g/mol. The van der Waals surface area contributed by atoms with Crippen molar-refractivity contribution in [3.8, 4) is 0 Å². The van der Waals surface area contributed by atoms with Crippen LogP contribution in [0.25, 0.3) is 0 Å². The summed E-state index contributed by atoms with van der Waals surface area (Å²) in [4.78, 5) is 12.5. The van der Waals surface area contributed by atoms with Crippen molar-refractivity contribution >= 4 is 16.0 Å². The maximum atomic E-state index is 12.5. The van der Waals surface area contributed by atoms with Crippen LogP contribution in [0.2, 0.25) is 0 Å². The number of aliphatic hydroxyl groups is 1. The molecule has 0 aromatic rings. The molecule has 0 aromatic carbocycles. The number of nitrogens with one attached hydrogen (secondary N) is 1. The first-order chi connectivity index (χ1) is 24.3. The van der Waals surface area contributed by atoms with E-state index in [0.29, 0.717) is 6.42 Å². The molecule has 50 heavy (non-hydrogen) atoms. The second kappa shape index (κ2) is 37.1. The zero-order valence-electron chi connectivity index (χ0n) is 32.5. The number of hydrogen-bond acceptors (Lipinski definition) is 4. The van der Waals surface area contributed by atoms with Gasteiger partial charge >= 0.3 is 0 Å². The third kappa shape index (κ3) is 37.6. The fourth-order valence-electron chi connectivity index (χ4n) is 6.08. The third-order valence-corrected chi connectivity index (χ3v) is 10.0. The number of unbranched alkanes of at least 4 members (excludes halogenated alkanes) is 23. The molecule has 0 aliphatic heterocycles. The zero-order valence-corrected chi connectivity index (χ0v) is 33.3. The molecular weight excluding hydrogens is 643 g/mol. The molecule has 0 spiro atoms. The first-order valence-electron chi connectivity index (χ1n) is 20.8. The van der Waals surface area contributed by atoms with E-state index in [9.17, 15) is 22.9 Å². The number of amides is 1. The van der Waals surface area contributed by atoms with Crippen molar-refractivity contribution < 1.29 is 22.9 Å². The standard InChI is InChI=1S/C43H79NO5S/c1-3-5-7-9-11-13-15-17-19-21-23-25-27-29-31-33-35-37-39-43(46)44-41(40-50(47,48)49)42(45)38-36-34-32-30-28-26-24-22-20-18-16-14-12-10-8-6-4-2/h13,15,19,21,28,30,36,38,41-42,45H,3-12,14,16-18,20,22-27,29,31-35,37,39-40H2,1-2H3,(H,44,46)(H,47,48,49)/b15-13-,21-19-,30-28+,38-36+. The largest absolute Gasteiger partial charge is 0.387 e. The van der Waals surface area contributed by atoms with E-state index in [-0.39, 0.29) is 12.3 Å². The third-order valence-electron chi connectivity index (χ3n) is 9.23. The molecule has 2 atom stereocenters. The van der Waals surface area contributed by atoms with Crippen LogP contribution in [0.5, 0.6) is 0 Å². The number of rotatable bonds is 37. The molecule has 0 bridgehead atoms. The average Bonchev–Trinajstić information content (AvgIpc) is 3.08. The summed E-state index contributed by atoms with van der Waals surface area (Å²) in [5.74, 6) is -1.01. The summed E-state index contributed by atoms with van der Waals surface area (Å²) in [6, 6.07) is -1.08. The second-order valence-corrected chi connectivity index (χ2v) is 15.8. The Morgan fingerprint density at radius 1 is 0.540 bits per heavy atom. The van der Waals surface area contributed by atoms with Gasteiger partial charge in [0.05, 0.1) is 17.9 Å². The van der Waals surface area contributed by atoms with Crippen LogP contribution >= 0.6 is 0 Å². The van der Waals surface area contributed by atoms with Gasteiger partial charge in [0, 0.05) is 6.42 Å². The van der Waals surface area contributed by atoms with Crippen LogP contribution in [-0.2, 0) is 14.9 Å². The minimum atomic E-state index is -4.36. The Hall–Kier alpha value is -1.70. The van der Waals surface area contributed by atoms with Crippen molar-refractivity contribution in [3.05, 3.63) is 48.6 Å². The van der Waals surface area contributed by atoms with Gasteiger partial charge in [-0.25, -0.2) is 0 Å². The Kier molecular flexibility index (Phi) is 35.8. The summed E-state index contributed by atoms with van der Waals surface area (Å²) < 4.78 is 32.5. The van der Waals surface area contributed by atoms with E-state index in [2.05, 4.69) is 55.6 Å². The van der Waals surface area contributed by atoms with Gasteiger partial charge in [-0.3, -0.25) is 9.35 Å². The lowest BCUT2D eigenvalue weighted by molar-refractivity contribution is -0.122. The minimum absolute atomic E-state index is 0.278. The fraction of sp³-hybridized carbons (Fsp3) is 0.791. The number of carbonyl (C=O) groups excluding carboxylic acids is 1. The molecular formula is C43H79NO5S. The van der Waals surface area contributed by atoms with E-state index in [4.69, 9.17) is 0 Å². The molecule has 0 rings (SSSR count). The smallest absolute Gasteiger partial charge is 0.267 e. The molecule has 2 unspecified atom stereocenters. The van der Waals surface area contributed by atoms with Gasteiger partial charge in [0.1, 0.15) is 0 Å². The molecule has 7 heteroatoms. The maximum Gasteiger partial charge on any atom is 0.267 e. The van der Waals surface area contributed by atoms with Gasteiger partial charge in [-0.2, -0.15) is 8.42 Å². The molecule has 0 radical (unpaired) electrons. The second-order valence-electron chi connectivity index (χ2n) is 14.3. The summed E-state index contributed by atoms with van der Waals surface area (Å²) in [7, 11) is -4.36. The Bertz CT molecular complexity index is 972. The molecule has 0 aliphatic rings. The fourth-order valence-corrected chi connectivity index (χ4v) is 6.82. The van der Waals surface area contributed by atoms with Gasteiger partial charge in [0.25, 0.3) is 10.1 Å². The lowest BCUT2D eigenvalue weighted by Gasteiger charge is -2.21. The molecule has 3 N–H and O–H groups in total.